The van der Waals surface area contributed by atoms with E-state index in [1.54, 1.807) is 12.1 Å². The lowest BCUT2D eigenvalue weighted by Crippen LogP contribution is -2.22. The molecule has 0 spiro atoms. The molecule has 0 bridgehead atoms. The predicted octanol–water partition coefficient (Wildman–Crippen LogP) is 3.42. The molecule has 0 unspecified atom stereocenters. The number of hydrogen-bond acceptors (Lipinski definition) is 2. The molecule has 1 aliphatic rings. The monoisotopic (exact) mass is 334 g/mol. The molecule has 0 radical (unpaired) electrons. The summed E-state index contributed by atoms with van der Waals surface area (Å²) in [6.45, 7) is 0.376. The smallest absolute Gasteiger partial charge is 0.251 e. The fraction of sp³-hybridized carbons (Fsp3) is 0.125. The van der Waals surface area contributed by atoms with E-state index in [4.69, 9.17) is 23.2 Å². The Kier molecular flexibility index (Phi) is 4.05. The Balaban J connectivity index is 1.67. The van der Waals surface area contributed by atoms with Gasteiger partial charge in [-0.1, -0.05) is 35.3 Å². The molecule has 3 rings (SSSR count). The van der Waals surface area contributed by atoms with E-state index in [2.05, 4.69) is 10.6 Å². The number of rotatable bonds is 3. The molecule has 22 heavy (non-hydrogen) atoms. The molecule has 0 aromatic heterocycles. The van der Waals surface area contributed by atoms with Crippen LogP contribution in [0.25, 0.3) is 0 Å². The number of carbonyl (C=O) groups excluding carboxylic acids is 2. The third-order valence-corrected chi connectivity index (χ3v) is 4.17. The first-order valence-electron chi connectivity index (χ1n) is 6.68. The summed E-state index contributed by atoms with van der Waals surface area (Å²) in [5.41, 5.74) is 3.17. The average molecular weight is 335 g/mol. The van der Waals surface area contributed by atoms with Gasteiger partial charge in [0.15, 0.2) is 0 Å². The minimum absolute atomic E-state index is 0.00742. The zero-order valence-electron chi connectivity index (χ0n) is 11.5. The second-order valence-corrected chi connectivity index (χ2v) is 5.84. The number of amides is 2. The molecule has 6 heteroatoms. The van der Waals surface area contributed by atoms with E-state index in [9.17, 15) is 9.59 Å². The highest BCUT2D eigenvalue weighted by atomic mass is 35.5. The van der Waals surface area contributed by atoms with Crippen LogP contribution in [-0.4, -0.2) is 11.8 Å². The molecular formula is C16H12Cl2N2O2. The molecule has 112 valence electrons. The van der Waals surface area contributed by atoms with Gasteiger partial charge in [-0.3, -0.25) is 9.59 Å². The molecular weight excluding hydrogens is 323 g/mol. The van der Waals surface area contributed by atoms with E-state index in [0.29, 0.717) is 28.6 Å². The number of fused-ring (bicyclic) bond motifs is 1. The van der Waals surface area contributed by atoms with Gasteiger partial charge >= 0.3 is 0 Å². The average Bonchev–Trinajstić information content (AvgIpc) is 2.86. The largest absolute Gasteiger partial charge is 0.348 e. The van der Waals surface area contributed by atoms with Gasteiger partial charge in [0.05, 0.1) is 16.5 Å². The van der Waals surface area contributed by atoms with Crippen LogP contribution in [0.15, 0.2) is 36.4 Å². The molecule has 0 saturated heterocycles. The molecule has 2 N–H and O–H groups in total. The molecule has 4 nitrogen and oxygen atoms in total. The van der Waals surface area contributed by atoms with E-state index < -0.39 is 0 Å². The summed E-state index contributed by atoms with van der Waals surface area (Å²) in [6.07, 6.45) is 0.379. The lowest BCUT2D eigenvalue weighted by atomic mass is 10.1. The molecule has 0 fully saturated rings. The van der Waals surface area contributed by atoms with Gasteiger partial charge in [-0.15, -0.1) is 0 Å². The van der Waals surface area contributed by atoms with Crippen LogP contribution in [0.3, 0.4) is 0 Å². The van der Waals surface area contributed by atoms with Crippen molar-refractivity contribution in [3.05, 3.63) is 63.1 Å². The van der Waals surface area contributed by atoms with Gasteiger partial charge < -0.3 is 10.6 Å². The fourth-order valence-corrected chi connectivity index (χ4v) is 2.61. The number of hydrogen-bond donors (Lipinski definition) is 2. The lowest BCUT2D eigenvalue weighted by Gasteiger charge is -2.08. The Morgan fingerprint density at radius 1 is 1.14 bits per heavy atom. The summed E-state index contributed by atoms with van der Waals surface area (Å²) in [5, 5.41) is 6.35. The number of benzene rings is 2. The fourth-order valence-electron chi connectivity index (χ4n) is 2.31. The van der Waals surface area contributed by atoms with E-state index in [1.165, 1.54) is 6.07 Å². The topological polar surface area (TPSA) is 58.2 Å². The maximum Gasteiger partial charge on any atom is 0.251 e. The number of halogens is 2. The van der Waals surface area contributed by atoms with Crippen molar-refractivity contribution in [2.45, 2.75) is 13.0 Å². The van der Waals surface area contributed by atoms with Crippen LogP contribution in [0, 0.1) is 0 Å². The van der Waals surface area contributed by atoms with Crippen molar-refractivity contribution in [3.8, 4) is 0 Å². The van der Waals surface area contributed by atoms with Gasteiger partial charge in [-0.2, -0.15) is 0 Å². The van der Waals surface area contributed by atoms with Crippen molar-refractivity contribution < 1.29 is 9.59 Å². The van der Waals surface area contributed by atoms with Crippen LogP contribution in [0.5, 0.6) is 0 Å². The summed E-state index contributed by atoms with van der Waals surface area (Å²) < 4.78 is 0. The van der Waals surface area contributed by atoms with Crippen LogP contribution in [-0.2, 0) is 17.8 Å². The molecule has 1 aliphatic heterocycles. The molecule has 0 saturated carbocycles. The Bertz CT molecular complexity index is 775. The van der Waals surface area contributed by atoms with E-state index in [-0.39, 0.29) is 11.8 Å². The quantitative estimate of drug-likeness (QED) is 0.903. The summed E-state index contributed by atoms with van der Waals surface area (Å²) >= 11 is 11.7. The normalized spacial score (nSPS) is 12.7. The van der Waals surface area contributed by atoms with Crippen molar-refractivity contribution in [1.82, 2.24) is 5.32 Å². The van der Waals surface area contributed by atoms with E-state index in [1.807, 2.05) is 18.2 Å². The molecule has 2 aromatic rings. The summed E-state index contributed by atoms with van der Waals surface area (Å²) in [6, 6.07) is 10.4. The van der Waals surface area contributed by atoms with Gasteiger partial charge in [0, 0.05) is 17.8 Å². The Hall–Kier alpha value is -2.04. The molecule has 1 heterocycles. The molecule has 2 aromatic carbocycles. The standard InChI is InChI=1S/C16H12Cl2N2O2/c17-12-3-2-10(6-13(12)18)16(22)19-8-9-1-4-14-11(5-9)7-15(21)20-14/h1-6H,7-8H2,(H,19,22)(H,20,21). The number of anilines is 1. The molecule has 2 amide bonds. The zero-order valence-corrected chi connectivity index (χ0v) is 13.0. The summed E-state index contributed by atoms with van der Waals surface area (Å²) in [5.74, 6) is -0.236. The minimum atomic E-state index is -0.228. The maximum atomic E-state index is 12.1. The van der Waals surface area contributed by atoms with Crippen LogP contribution >= 0.6 is 23.2 Å². The van der Waals surface area contributed by atoms with E-state index >= 15 is 0 Å². The highest BCUT2D eigenvalue weighted by Gasteiger charge is 2.17. The Morgan fingerprint density at radius 3 is 2.73 bits per heavy atom. The highest BCUT2D eigenvalue weighted by molar-refractivity contribution is 6.42. The van der Waals surface area contributed by atoms with Crippen molar-refractivity contribution in [2.75, 3.05) is 5.32 Å². The third-order valence-electron chi connectivity index (χ3n) is 3.43. The number of carbonyl (C=O) groups is 2. The van der Waals surface area contributed by atoms with E-state index in [0.717, 1.165) is 16.8 Å². The first kappa shape index (κ1) is 14.9. The van der Waals surface area contributed by atoms with Crippen molar-refractivity contribution in [1.29, 1.82) is 0 Å². The summed E-state index contributed by atoms with van der Waals surface area (Å²) in [7, 11) is 0. The summed E-state index contributed by atoms with van der Waals surface area (Å²) in [4.78, 5) is 23.4. The van der Waals surface area contributed by atoms with Crippen molar-refractivity contribution in [2.24, 2.45) is 0 Å². The van der Waals surface area contributed by atoms with Gasteiger partial charge in [0.2, 0.25) is 5.91 Å². The molecule has 0 atom stereocenters. The van der Waals surface area contributed by atoms with Crippen LogP contribution in [0.1, 0.15) is 21.5 Å². The Morgan fingerprint density at radius 2 is 1.95 bits per heavy atom. The highest BCUT2D eigenvalue weighted by Crippen LogP contribution is 2.24. The van der Waals surface area contributed by atoms with Crippen LogP contribution in [0.2, 0.25) is 10.0 Å². The van der Waals surface area contributed by atoms with Gasteiger partial charge in [-0.25, -0.2) is 0 Å². The first-order chi connectivity index (χ1) is 10.5. The van der Waals surface area contributed by atoms with Gasteiger partial charge in [-0.05, 0) is 35.4 Å². The lowest BCUT2D eigenvalue weighted by molar-refractivity contribution is -0.115. The first-order valence-corrected chi connectivity index (χ1v) is 7.43. The minimum Gasteiger partial charge on any atom is -0.348 e. The van der Waals surface area contributed by atoms with Crippen LogP contribution < -0.4 is 10.6 Å². The van der Waals surface area contributed by atoms with Gasteiger partial charge in [0.1, 0.15) is 0 Å². The SMILES string of the molecule is O=C1Cc2cc(CNC(=O)c3ccc(Cl)c(Cl)c3)ccc2N1. The maximum absolute atomic E-state index is 12.1. The zero-order chi connectivity index (χ0) is 15.7. The second-order valence-electron chi connectivity index (χ2n) is 5.03. The van der Waals surface area contributed by atoms with Crippen molar-refractivity contribution >= 4 is 40.7 Å². The number of nitrogens with one attached hydrogen (secondary N) is 2. The predicted molar refractivity (Wildman–Crippen MR) is 86.4 cm³/mol. The second kappa shape index (κ2) is 5.99. The third kappa shape index (κ3) is 3.08. The van der Waals surface area contributed by atoms with Crippen LogP contribution in [0.4, 0.5) is 5.69 Å². The molecule has 0 aliphatic carbocycles. The van der Waals surface area contributed by atoms with Gasteiger partial charge in [0.25, 0.3) is 5.91 Å². The van der Waals surface area contributed by atoms with Crippen molar-refractivity contribution in [3.63, 3.8) is 0 Å². The Labute approximate surface area is 137 Å².